The zero-order chi connectivity index (χ0) is 16.2. The summed E-state index contributed by atoms with van der Waals surface area (Å²) in [6.07, 6.45) is 4.06. The number of aromatic nitrogens is 3. The van der Waals surface area contributed by atoms with Gasteiger partial charge in [0.1, 0.15) is 0 Å². The van der Waals surface area contributed by atoms with Crippen LogP contribution in [0, 0.1) is 13.8 Å². The molecule has 0 aliphatic carbocycles. The number of hydrogen-bond acceptors (Lipinski definition) is 4. The number of anilines is 1. The van der Waals surface area contributed by atoms with Crippen LogP contribution in [-0.2, 0) is 11.3 Å². The van der Waals surface area contributed by atoms with Gasteiger partial charge in [0.05, 0.1) is 0 Å². The predicted octanol–water partition coefficient (Wildman–Crippen LogP) is 1.63. The van der Waals surface area contributed by atoms with Gasteiger partial charge in [-0.1, -0.05) is 0 Å². The number of aryl methyl sites for hydroxylation is 2. The molecule has 3 rings (SSSR count). The van der Waals surface area contributed by atoms with Gasteiger partial charge in [0.25, 0.3) is 0 Å². The third kappa shape index (κ3) is 3.52. The van der Waals surface area contributed by atoms with Crippen molar-refractivity contribution in [3.8, 4) is 0 Å². The average molecular weight is 313 g/mol. The second-order valence-electron chi connectivity index (χ2n) is 5.93. The van der Waals surface area contributed by atoms with Gasteiger partial charge >= 0.3 is 0 Å². The molecule has 3 heterocycles. The van der Waals surface area contributed by atoms with Gasteiger partial charge in [-0.15, -0.1) is 0 Å². The van der Waals surface area contributed by atoms with Crippen LogP contribution in [0.15, 0.2) is 30.6 Å². The third-order valence-electron chi connectivity index (χ3n) is 4.43. The van der Waals surface area contributed by atoms with Crippen LogP contribution < -0.4 is 4.90 Å². The molecule has 0 spiro atoms. The first kappa shape index (κ1) is 15.5. The second-order valence-corrected chi connectivity index (χ2v) is 5.93. The van der Waals surface area contributed by atoms with Gasteiger partial charge in [-0.25, -0.2) is 9.97 Å². The summed E-state index contributed by atoms with van der Waals surface area (Å²) in [7, 11) is 0. The minimum absolute atomic E-state index is 0.228. The van der Waals surface area contributed by atoms with E-state index in [1.165, 1.54) is 11.4 Å². The van der Waals surface area contributed by atoms with Crippen LogP contribution in [0.4, 0.5) is 5.95 Å². The van der Waals surface area contributed by atoms with E-state index in [0.29, 0.717) is 6.42 Å². The molecule has 23 heavy (non-hydrogen) atoms. The first-order valence-electron chi connectivity index (χ1n) is 8.07. The standard InChI is InChI=1S/C17H23N5O/c1-14-4-5-15(2)22(14)9-6-16(23)20-10-12-21(13-11-20)17-18-7-3-8-19-17/h3-5,7-8H,6,9-13H2,1-2H3. The van der Waals surface area contributed by atoms with Crippen molar-refractivity contribution in [3.05, 3.63) is 42.0 Å². The molecule has 6 heteroatoms. The maximum atomic E-state index is 12.4. The maximum Gasteiger partial charge on any atom is 0.225 e. The summed E-state index contributed by atoms with van der Waals surface area (Å²) in [4.78, 5) is 25.0. The summed E-state index contributed by atoms with van der Waals surface area (Å²) in [6, 6.07) is 6.01. The van der Waals surface area contributed by atoms with Gasteiger partial charge in [-0.3, -0.25) is 4.79 Å². The molecule has 6 nitrogen and oxygen atoms in total. The van der Waals surface area contributed by atoms with Crippen molar-refractivity contribution in [2.45, 2.75) is 26.8 Å². The van der Waals surface area contributed by atoms with Crippen molar-refractivity contribution in [2.24, 2.45) is 0 Å². The number of carbonyl (C=O) groups excluding carboxylic acids is 1. The number of amides is 1. The third-order valence-corrected chi connectivity index (χ3v) is 4.43. The van der Waals surface area contributed by atoms with E-state index in [-0.39, 0.29) is 5.91 Å². The van der Waals surface area contributed by atoms with Gasteiger partial charge in [0.2, 0.25) is 11.9 Å². The number of hydrogen-bond donors (Lipinski definition) is 0. The molecule has 122 valence electrons. The van der Waals surface area contributed by atoms with E-state index in [1.807, 2.05) is 11.0 Å². The second kappa shape index (κ2) is 6.81. The first-order chi connectivity index (χ1) is 11.1. The Kier molecular flexibility index (Phi) is 4.60. The normalized spacial score (nSPS) is 15.0. The lowest BCUT2D eigenvalue weighted by Gasteiger charge is -2.34. The van der Waals surface area contributed by atoms with Crippen molar-refractivity contribution in [2.75, 3.05) is 31.1 Å². The molecule has 1 aliphatic heterocycles. The van der Waals surface area contributed by atoms with E-state index in [4.69, 9.17) is 0 Å². The molecule has 0 aromatic carbocycles. The van der Waals surface area contributed by atoms with Crippen LogP contribution in [-0.4, -0.2) is 51.5 Å². The SMILES string of the molecule is Cc1ccc(C)n1CCC(=O)N1CCN(c2ncccn2)CC1. The molecular weight excluding hydrogens is 290 g/mol. The van der Waals surface area contributed by atoms with E-state index < -0.39 is 0 Å². The Morgan fingerprint density at radius 1 is 1.04 bits per heavy atom. The predicted molar refractivity (Wildman–Crippen MR) is 89.3 cm³/mol. The highest BCUT2D eigenvalue weighted by Crippen LogP contribution is 2.12. The zero-order valence-corrected chi connectivity index (χ0v) is 13.8. The van der Waals surface area contributed by atoms with Gasteiger partial charge < -0.3 is 14.4 Å². The van der Waals surface area contributed by atoms with Gasteiger partial charge in [-0.2, -0.15) is 0 Å². The van der Waals surface area contributed by atoms with E-state index in [1.54, 1.807) is 12.4 Å². The van der Waals surface area contributed by atoms with Crippen molar-refractivity contribution in [1.29, 1.82) is 0 Å². The maximum absolute atomic E-state index is 12.4. The number of nitrogens with zero attached hydrogens (tertiary/aromatic N) is 5. The molecular formula is C17H23N5O. The number of rotatable bonds is 4. The summed E-state index contributed by atoms with van der Waals surface area (Å²) < 4.78 is 2.20. The molecule has 1 aliphatic rings. The topological polar surface area (TPSA) is 54.3 Å². The molecule has 0 unspecified atom stereocenters. The number of piperazine rings is 1. The van der Waals surface area contributed by atoms with E-state index in [9.17, 15) is 4.79 Å². The van der Waals surface area contributed by atoms with Crippen LogP contribution in [0.25, 0.3) is 0 Å². The molecule has 0 N–H and O–H groups in total. The van der Waals surface area contributed by atoms with Crippen LogP contribution in [0.5, 0.6) is 0 Å². The molecule has 1 fully saturated rings. The fourth-order valence-corrected chi connectivity index (χ4v) is 3.03. The van der Waals surface area contributed by atoms with Crippen LogP contribution in [0.2, 0.25) is 0 Å². The Hall–Kier alpha value is -2.37. The smallest absolute Gasteiger partial charge is 0.225 e. The van der Waals surface area contributed by atoms with Crippen LogP contribution in [0.1, 0.15) is 17.8 Å². The molecule has 0 saturated carbocycles. The van der Waals surface area contributed by atoms with E-state index >= 15 is 0 Å². The van der Waals surface area contributed by atoms with Gasteiger partial charge in [-0.05, 0) is 32.0 Å². The monoisotopic (exact) mass is 313 g/mol. The zero-order valence-electron chi connectivity index (χ0n) is 13.8. The lowest BCUT2D eigenvalue weighted by atomic mass is 10.2. The fourth-order valence-electron chi connectivity index (χ4n) is 3.03. The molecule has 1 saturated heterocycles. The highest BCUT2D eigenvalue weighted by Gasteiger charge is 2.22. The Bertz CT molecular complexity index is 639. The van der Waals surface area contributed by atoms with Crippen LogP contribution >= 0.6 is 0 Å². The molecule has 1 amide bonds. The minimum atomic E-state index is 0.228. The summed E-state index contributed by atoms with van der Waals surface area (Å²) in [5.74, 6) is 0.976. The van der Waals surface area contributed by atoms with E-state index in [0.717, 1.165) is 38.7 Å². The largest absolute Gasteiger partial charge is 0.349 e. The Labute approximate surface area is 136 Å². The van der Waals surface area contributed by atoms with Crippen molar-refractivity contribution in [1.82, 2.24) is 19.4 Å². The minimum Gasteiger partial charge on any atom is -0.349 e. The van der Waals surface area contributed by atoms with Crippen LogP contribution in [0.3, 0.4) is 0 Å². The van der Waals surface area contributed by atoms with E-state index in [2.05, 4.69) is 45.4 Å². The molecule has 0 atom stereocenters. The summed E-state index contributed by atoms with van der Waals surface area (Å²) in [6.45, 7) is 7.97. The van der Waals surface area contributed by atoms with Crippen molar-refractivity contribution < 1.29 is 4.79 Å². The fraction of sp³-hybridized carbons (Fsp3) is 0.471. The van der Waals surface area contributed by atoms with Crippen molar-refractivity contribution >= 4 is 11.9 Å². The number of carbonyl (C=O) groups is 1. The Morgan fingerprint density at radius 2 is 1.65 bits per heavy atom. The summed E-state index contributed by atoms with van der Waals surface area (Å²) in [5, 5.41) is 0. The summed E-state index contributed by atoms with van der Waals surface area (Å²) >= 11 is 0. The Balaban J connectivity index is 1.50. The molecule has 0 radical (unpaired) electrons. The summed E-state index contributed by atoms with van der Waals surface area (Å²) in [5.41, 5.74) is 2.42. The molecule has 2 aromatic rings. The Morgan fingerprint density at radius 3 is 2.26 bits per heavy atom. The average Bonchev–Trinajstić information content (AvgIpc) is 2.92. The lowest BCUT2D eigenvalue weighted by molar-refractivity contribution is -0.131. The molecule has 0 bridgehead atoms. The van der Waals surface area contributed by atoms with Gasteiger partial charge in [0.15, 0.2) is 0 Å². The highest BCUT2D eigenvalue weighted by molar-refractivity contribution is 5.76. The molecule has 2 aromatic heterocycles. The van der Waals surface area contributed by atoms with Crippen molar-refractivity contribution in [3.63, 3.8) is 0 Å². The lowest BCUT2D eigenvalue weighted by Crippen LogP contribution is -2.49. The quantitative estimate of drug-likeness (QED) is 0.861. The van der Waals surface area contributed by atoms with Gasteiger partial charge in [0, 0.05) is 62.9 Å². The highest BCUT2D eigenvalue weighted by atomic mass is 16.2. The first-order valence-corrected chi connectivity index (χ1v) is 8.07.